The van der Waals surface area contributed by atoms with Crippen molar-refractivity contribution in [2.75, 3.05) is 0 Å². The van der Waals surface area contributed by atoms with Crippen LogP contribution in [-0.2, 0) is 12.8 Å². The molecule has 2 aromatic heterocycles. The lowest BCUT2D eigenvalue weighted by atomic mass is 9.97. The summed E-state index contributed by atoms with van der Waals surface area (Å²) in [5, 5.41) is 1.13. The Hall–Kier alpha value is -1.94. The van der Waals surface area contributed by atoms with E-state index in [0.717, 1.165) is 28.2 Å². The van der Waals surface area contributed by atoms with Crippen LogP contribution < -0.4 is 4.74 Å². The molecule has 0 saturated heterocycles. The fraction of sp³-hybridized carbons (Fsp3) is 0.333. The van der Waals surface area contributed by atoms with E-state index in [4.69, 9.17) is 4.74 Å². The predicted octanol–water partition coefficient (Wildman–Crippen LogP) is 4.98. The van der Waals surface area contributed by atoms with Crippen molar-refractivity contribution >= 4 is 21.6 Å². The Kier molecular flexibility index (Phi) is 3.34. The molecular weight excluding hydrogens is 292 g/mol. The first kappa shape index (κ1) is 13.7. The summed E-state index contributed by atoms with van der Waals surface area (Å²) in [5.74, 6) is 2.32. The van der Waals surface area contributed by atoms with Crippen LogP contribution in [0.5, 0.6) is 11.6 Å². The zero-order valence-electron chi connectivity index (χ0n) is 12.8. The van der Waals surface area contributed by atoms with Crippen LogP contribution in [0.25, 0.3) is 10.2 Å². The zero-order chi connectivity index (χ0) is 15.1. The SMILES string of the molecule is Cc1ccc(Oc2nc(C)nc3sc4c(c23)CCCC4)cc1. The summed E-state index contributed by atoms with van der Waals surface area (Å²) in [4.78, 5) is 11.7. The highest BCUT2D eigenvalue weighted by Crippen LogP contribution is 2.40. The molecule has 1 aliphatic rings. The highest BCUT2D eigenvalue weighted by atomic mass is 32.1. The summed E-state index contributed by atoms with van der Waals surface area (Å²) in [6.07, 6.45) is 4.81. The van der Waals surface area contributed by atoms with E-state index in [9.17, 15) is 0 Å². The minimum atomic E-state index is 0.714. The summed E-state index contributed by atoms with van der Waals surface area (Å²) in [6, 6.07) is 8.11. The second kappa shape index (κ2) is 5.36. The number of thiophene rings is 1. The first-order valence-electron chi connectivity index (χ1n) is 7.74. The van der Waals surface area contributed by atoms with E-state index < -0.39 is 0 Å². The van der Waals surface area contributed by atoms with Gasteiger partial charge in [-0.25, -0.2) is 4.98 Å². The third-order valence-electron chi connectivity index (χ3n) is 4.13. The van der Waals surface area contributed by atoms with Gasteiger partial charge in [0.05, 0.1) is 5.39 Å². The van der Waals surface area contributed by atoms with Crippen LogP contribution in [0, 0.1) is 13.8 Å². The van der Waals surface area contributed by atoms with Crippen molar-refractivity contribution < 1.29 is 4.74 Å². The Bertz CT molecular complexity index is 836. The summed E-state index contributed by atoms with van der Waals surface area (Å²) >= 11 is 1.81. The number of ether oxygens (including phenoxy) is 1. The molecule has 1 aliphatic carbocycles. The quantitative estimate of drug-likeness (QED) is 0.669. The number of fused-ring (bicyclic) bond motifs is 3. The van der Waals surface area contributed by atoms with Gasteiger partial charge in [-0.1, -0.05) is 17.7 Å². The molecular formula is C18H18N2OS. The van der Waals surface area contributed by atoms with Gasteiger partial charge in [-0.2, -0.15) is 4.98 Å². The molecule has 3 nitrogen and oxygen atoms in total. The van der Waals surface area contributed by atoms with Crippen molar-refractivity contribution in [2.24, 2.45) is 0 Å². The molecule has 0 spiro atoms. The van der Waals surface area contributed by atoms with Crippen LogP contribution in [-0.4, -0.2) is 9.97 Å². The molecule has 0 saturated carbocycles. The summed E-state index contributed by atoms with van der Waals surface area (Å²) in [6.45, 7) is 4.01. The molecule has 22 heavy (non-hydrogen) atoms. The van der Waals surface area contributed by atoms with Gasteiger partial charge in [0.1, 0.15) is 16.4 Å². The van der Waals surface area contributed by atoms with Gasteiger partial charge in [0.2, 0.25) is 5.88 Å². The lowest BCUT2D eigenvalue weighted by Gasteiger charge is -2.12. The van der Waals surface area contributed by atoms with Crippen molar-refractivity contribution in [1.82, 2.24) is 9.97 Å². The molecule has 0 amide bonds. The summed E-state index contributed by atoms with van der Waals surface area (Å²) in [5.41, 5.74) is 2.64. The van der Waals surface area contributed by atoms with E-state index in [0.29, 0.717) is 5.88 Å². The third kappa shape index (κ3) is 2.37. The maximum absolute atomic E-state index is 6.11. The molecule has 4 heteroatoms. The van der Waals surface area contributed by atoms with Crippen LogP contribution in [0.4, 0.5) is 0 Å². The summed E-state index contributed by atoms with van der Waals surface area (Å²) in [7, 11) is 0. The maximum Gasteiger partial charge on any atom is 0.231 e. The molecule has 4 rings (SSSR count). The molecule has 0 bridgehead atoms. The van der Waals surface area contributed by atoms with E-state index in [1.807, 2.05) is 30.4 Å². The average Bonchev–Trinajstić information content (AvgIpc) is 2.87. The van der Waals surface area contributed by atoms with Crippen molar-refractivity contribution in [2.45, 2.75) is 39.5 Å². The number of rotatable bonds is 2. The van der Waals surface area contributed by atoms with Gasteiger partial charge in [0.25, 0.3) is 0 Å². The number of hydrogen-bond donors (Lipinski definition) is 0. The number of aryl methyl sites for hydroxylation is 4. The lowest BCUT2D eigenvalue weighted by molar-refractivity contribution is 0.466. The Balaban J connectivity index is 1.85. The minimum absolute atomic E-state index is 0.714. The van der Waals surface area contributed by atoms with Gasteiger partial charge in [0, 0.05) is 4.88 Å². The Labute approximate surface area is 134 Å². The van der Waals surface area contributed by atoms with Crippen LogP contribution in [0.1, 0.15) is 34.7 Å². The summed E-state index contributed by atoms with van der Waals surface area (Å²) < 4.78 is 6.11. The fourth-order valence-corrected chi connectivity index (χ4v) is 4.31. The van der Waals surface area contributed by atoms with Gasteiger partial charge in [-0.15, -0.1) is 11.3 Å². The molecule has 0 radical (unpaired) electrons. The van der Waals surface area contributed by atoms with E-state index in [-0.39, 0.29) is 0 Å². The number of aromatic nitrogens is 2. The van der Waals surface area contributed by atoms with E-state index in [2.05, 4.69) is 29.0 Å². The Morgan fingerprint density at radius 2 is 1.77 bits per heavy atom. The topological polar surface area (TPSA) is 35.0 Å². The molecule has 0 N–H and O–H groups in total. The molecule has 1 aromatic carbocycles. The maximum atomic E-state index is 6.11. The molecule has 0 aliphatic heterocycles. The number of hydrogen-bond acceptors (Lipinski definition) is 4. The van der Waals surface area contributed by atoms with Crippen molar-refractivity contribution in [3.05, 3.63) is 46.1 Å². The monoisotopic (exact) mass is 310 g/mol. The first-order valence-corrected chi connectivity index (χ1v) is 8.56. The van der Waals surface area contributed by atoms with Gasteiger partial charge in [-0.05, 0) is 57.2 Å². The normalized spacial score (nSPS) is 14.1. The van der Waals surface area contributed by atoms with Crippen LogP contribution in [0.2, 0.25) is 0 Å². The van der Waals surface area contributed by atoms with Gasteiger partial charge in [0.15, 0.2) is 0 Å². The number of nitrogens with zero attached hydrogens (tertiary/aromatic N) is 2. The molecule has 0 fully saturated rings. The Morgan fingerprint density at radius 3 is 2.59 bits per heavy atom. The number of benzene rings is 1. The highest BCUT2D eigenvalue weighted by Gasteiger charge is 2.21. The van der Waals surface area contributed by atoms with Gasteiger partial charge in [-0.3, -0.25) is 0 Å². The first-order chi connectivity index (χ1) is 10.7. The third-order valence-corrected chi connectivity index (χ3v) is 5.31. The smallest absolute Gasteiger partial charge is 0.231 e. The Morgan fingerprint density at radius 1 is 1.00 bits per heavy atom. The lowest BCUT2D eigenvalue weighted by Crippen LogP contribution is -2.00. The van der Waals surface area contributed by atoms with Crippen molar-refractivity contribution in [3.8, 4) is 11.6 Å². The standard InChI is InChI=1S/C18H18N2OS/c1-11-7-9-13(10-8-11)21-17-16-14-5-3-4-6-15(14)22-18(16)20-12(2)19-17/h7-10H,3-6H2,1-2H3. The molecule has 0 unspecified atom stereocenters. The van der Waals surface area contributed by atoms with E-state index in [1.165, 1.54) is 35.3 Å². The van der Waals surface area contributed by atoms with Gasteiger partial charge < -0.3 is 4.74 Å². The predicted molar refractivity (Wildman–Crippen MR) is 90.0 cm³/mol. The van der Waals surface area contributed by atoms with Crippen molar-refractivity contribution in [3.63, 3.8) is 0 Å². The molecule has 2 heterocycles. The largest absolute Gasteiger partial charge is 0.438 e. The molecule has 0 atom stereocenters. The van der Waals surface area contributed by atoms with Crippen molar-refractivity contribution in [1.29, 1.82) is 0 Å². The zero-order valence-corrected chi connectivity index (χ0v) is 13.7. The van der Waals surface area contributed by atoms with Crippen LogP contribution >= 0.6 is 11.3 Å². The van der Waals surface area contributed by atoms with Crippen LogP contribution in [0.3, 0.4) is 0 Å². The van der Waals surface area contributed by atoms with E-state index >= 15 is 0 Å². The van der Waals surface area contributed by atoms with Crippen LogP contribution in [0.15, 0.2) is 24.3 Å². The second-order valence-electron chi connectivity index (χ2n) is 5.88. The fourth-order valence-electron chi connectivity index (χ4n) is 3.02. The van der Waals surface area contributed by atoms with E-state index in [1.54, 1.807) is 0 Å². The second-order valence-corrected chi connectivity index (χ2v) is 6.97. The molecule has 3 aromatic rings. The van der Waals surface area contributed by atoms with Gasteiger partial charge >= 0.3 is 0 Å². The highest BCUT2D eigenvalue weighted by molar-refractivity contribution is 7.18. The molecule has 112 valence electrons. The minimum Gasteiger partial charge on any atom is -0.438 e. The average molecular weight is 310 g/mol.